The van der Waals surface area contributed by atoms with Crippen LogP contribution in [0, 0.1) is 0 Å². The molecule has 0 aliphatic heterocycles. The third kappa shape index (κ3) is 15.7. The van der Waals surface area contributed by atoms with E-state index in [1.165, 1.54) is 0 Å². The normalized spacial score (nSPS) is 7.60. The first kappa shape index (κ1) is 16.1. The molecular weight excluding hydrogens is 191 g/mol. The molecule has 0 heterocycles. The fraction of sp³-hybridized carbons (Fsp3) is 0. The van der Waals surface area contributed by atoms with E-state index in [-0.39, 0.29) is 25.6 Å². The molecule has 0 rings (SSSR count). The summed E-state index contributed by atoms with van der Waals surface area (Å²) >= 11 is 0. The van der Waals surface area contributed by atoms with Crippen LogP contribution >= 0.6 is 0 Å². The molecule has 0 radical (unpaired) electrons. The van der Waals surface area contributed by atoms with Gasteiger partial charge in [-0.25, -0.2) is 0 Å². The van der Waals surface area contributed by atoms with Crippen molar-refractivity contribution in [1.29, 1.82) is 0 Å². The summed E-state index contributed by atoms with van der Waals surface area (Å²) in [6, 6.07) is 0. The Hall–Kier alpha value is -0.737. The number of carboxylic acids is 2. The van der Waals surface area contributed by atoms with E-state index in [0.29, 0.717) is 12.2 Å². The number of carboxylic acid groups (broad SMARTS) is 2. The molecule has 0 bridgehead atoms. The third-order valence-electron chi connectivity index (χ3n) is 0.355. The number of hydrogen-bond donors (Lipinski definition) is 1. The van der Waals surface area contributed by atoms with Gasteiger partial charge < -0.3 is 26.0 Å². The zero-order valence-corrected chi connectivity index (χ0v) is 8.17. The predicted octanol–water partition coefficient (Wildman–Crippen LogP) is -2.80. The van der Waals surface area contributed by atoms with Gasteiger partial charge in [0.2, 0.25) is 0 Å². The third-order valence-corrected chi connectivity index (χ3v) is 0.355. The molecule has 10 heavy (non-hydrogen) atoms. The summed E-state index contributed by atoms with van der Waals surface area (Å²) in [6.45, 7) is 0. The average molecular weight is 196 g/mol. The largest absolute Gasteiger partial charge is 2.00 e. The van der Waals surface area contributed by atoms with Crippen molar-refractivity contribution < 1.29 is 39.3 Å². The van der Waals surface area contributed by atoms with Crippen molar-refractivity contribution >= 4 is 11.9 Å². The minimum absolute atomic E-state index is 0. The molecule has 0 aromatic carbocycles. The van der Waals surface area contributed by atoms with Gasteiger partial charge >= 0.3 is 19.5 Å². The van der Waals surface area contributed by atoms with Crippen molar-refractivity contribution in [3.05, 3.63) is 12.2 Å². The van der Waals surface area contributed by atoms with Crippen molar-refractivity contribution in [3.8, 4) is 0 Å². The second-order valence-corrected chi connectivity index (χ2v) is 0.971. The standard InChI is InChI=1S/C4H4O4.H3N.Zn/c5-3(6)1-2-4(7)8;;/h1-2H,(H,5,6)(H,7,8);1H3;/q;;+2/p-2/b2-1-;;. The van der Waals surface area contributed by atoms with Gasteiger partial charge in [-0.15, -0.1) is 0 Å². The molecule has 0 aromatic rings. The second kappa shape index (κ2) is 8.26. The van der Waals surface area contributed by atoms with Gasteiger partial charge in [0.25, 0.3) is 0 Å². The quantitative estimate of drug-likeness (QED) is 0.378. The van der Waals surface area contributed by atoms with E-state index >= 15 is 0 Å². The molecule has 0 aromatic heterocycles. The summed E-state index contributed by atoms with van der Waals surface area (Å²) in [7, 11) is 0. The number of aliphatic carboxylic acids is 2. The van der Waals surface area contributed by atoms with Crippen LogP contribution < -0.4 is 16.4 Å². The summed E-state index contributed by atoms with van der Waals surface area (Å²) in [5.74, 6) is -3.09. The van der Waals surface area contributed by atoms with Gasteiger partial charge in [0.05, 0.1) is 11.9 Å². The number of hydrogen-bond acceptors (Lipinski definition) is 5. The van der Waals surface area contributed by atoms with Crippen molar-refractivity contribution in [2.24, 2.45) is 0 Å². The van der Waals surface area contributed by atoms with Crippen molar-refractivity contribution in [3.63, 3.8) is 0 Å². The summed E-state index contributed by atoms with van der Waals surface area (Å²) in [6.07, 6.45) is 0.769. The van der Waals surface area contributed by atoms with E-state index in [1.807, 2.05) is 0 Å². The van der Waals surface area contributed by atoms with E-state index < -0.39 is 11.9 Å². The Morgan fingerprint density at radius 2 is 1.20 bits per heavy atom. The molecule has 0 atom stereocenters. The van der Waals surface area contributed by atoms with Crippen LogP contribution in [-0.4, -0.2) is 11.9 Å². The van der Waals surface area contributed by atoms with Crippen LogP contribution in [0.3, 0.4) is 0 Å². The Labute approximate surface area is 70.1 Å². The van der Waals surface area contributed by atoms with E-state index in [9.17, 15) is 19.8 Å². The second-order valence-electron chi connectivity index (χ2n) is 0.971. The molecule has 0 saturated heterocycles. The minimum Gasteiger partial charge on any atom is -0.545 e. The van der Waals surface area contributed by atoms with Crippen LogP contribution in [0.1, 0.15) is 0 Å². The summed E-state index contributed by atoms with van der Waals surface area (Å²) in [4.78, 5) is 18.8. The van der Waals surface area contributed by atoms with Crippen LogP contribution in [0.25, 0.3) is 0 Å². The first-order valence-corrected chi connectivity index (χ1v) is 1.73. The Kier molecular flexibility index (Phi) is 13.3. The number of rotatable bonds is 2. The first-order valence-electron chi connectivity index (χ1n) is 1.73. The Morgan fingerprint density at radius 1 is 1.00 bits per heavy atom. The summed E-state index contributed by atoms with van der Waals surface area (Å²) in [5, 5.41) is 18.8. The Morgan fingerprint density at radius 3 is 1.30 bits per heavy atom. The van der Waals surface area contributed by atoms with Crippen LogP contribution in [0.15, 0.2) is 12.2 Å². The van der Waals surface area contributed by atoms with Crippen LogP contribution in [0.5, 0.6) is 0 Å². The van der Waals surface area contributed by atoms with E-state index in [1.54, 1.807) is 0 Å². The average Bonchev–Trinajstić information content (AvgIpc) is 1.61. The number of carbonyl (C=O) groups is 2. The Bertz CT molecular complexity index is 128. The molecule has 3 N–H and O–H groups in total. The number of carbonyl (C=O) groups excluding carboxylic acids is 2. The fourth-order valence-corrected chi connectivity index (χ4v) is 0.136. The van der Waals surface area contributed by atoms with Gasteiger partial charge in [-0.3, -0.25) is 0 Å². The molecule has 0 saturated carbocycles. The van der Waals surface area contributed by atoms with Gasteiger partial charge in [0.1, 0.15) is 0 Å². The molecule has 0 aliphatic rings. The topological polar surface area (TPSA) is 115 Å². The van der Waals surface area contributed by atoms with Gasteiger partial charge in [0, 0.05) is 0 Å². The van der Waals surface area contributed by atoms with Crippen LogP contribution in [0.4, 0.5) is 0 Å². The minimum atomic E-state index is -1.55. The zero-order chi connectivity index (χ0) is 6.57. The van der Waals surface area contributed by atoms with E-state index in [2.05, 4.69) is 0 Å². The van der Waals surface area contributed by atoms with E-state index in [0.717, 1.165) is 0 Å². The molecule has 0 aliphatic carbocycles. The van der Waals surface area contributed by atoms with Gasteiger partial charge in [-0.2, -0.15) is 0 Å². The van der Waals surface area contributed by atoms with Crippen molar-refractivity contribution in [2.45, 2.75) is 0 Å². The monoisotopic (exact) mass is 195 g/mol. The molecule has 6 heteroatoms. The molecule has 5 nitrogen and oxygen atoms in total. The Balaban J connectivity index is -0.000000245. The molecule has 0 fully saturated rings. The maximum atomic E-state index is 9.41. The zero-order valence-electron chi connectivity index (χ0n) is 5.20. The molecule has 52 valence electrons. The molecule has 0 amide bonds. The van der Waals surface area contributed by atoms with Crippen molar-refractivity contribution in [1.82, 2.24) is 6.15 Å². The SMILES string of the molecule is N.O=C([O-])/C=C\C(=O)[O-].[Zn+2]. The van der Waals surface area contributed by atoms with Crippen LogP contribution in [0.2, 0.25) is 0 Å². The fourth-order valence-electron chi connectivity index (χ4n) is 0.136. The van der Waals surface area contributed by atoms with Gasteiger partial charge in [0.15, 0.2) is 0 Å². The van der Waals surface area contributed by atoms with Gasteiger partial charge in [-0.1, -0.05) is 0 Å². The maximum absolute atomic E-state index is 9.41. The first-order chi connectivity index (χ1) is 3.63. The van der Waals surface area contributed by atoms with Crippen LogP contribution in [-0.2, 0) is 29.1 Å². The van der Waals surface area contributed by atoms with Gasteiger partial charge in [-0.05, 0) is 12.2 Å². The summed E-state index contributed by atoms with van der Waals surface area (Å²) in [5.41, 5.74) is 0. The maximum Gasteiger partial charge on any atom is 2.00 e. The molecule has 0 unspecified atom stereocenters. The van der Waals surface area contributed by atoms with Crippen molar-refractivity contribution in [2.75, 3.05) is 0 Å². The van der Waals surface area contributed by atoms with E-state index in [4.69, 9.17) is 0 Å². The molecule has 0 spiro atoms. The summed E-state index contributed by atoms with van der Waals surface area (Å²) < 4.78 is 0. The smallest absolute Gasteiger partial charge is 0.545 e. The predicted molar refractivity (Wildman–Crippen MR) is 24.2 cm³/mol. The molecular formula is C4H5NO4Zn.